The highest BCUT2D eigenvalue weighted by atomic mass is 32.2. The molecule has 0 aliphatic rings. The summed E-state index contributed by atoms with van der Waals surface area (Å²) in [7, 11) is -2.38. The molecule has 0 saturated heterocycles. The molecule has 37 heavy (non-hydrogen) atoms. The molecule has 1 aromatic carbocycles. The Kier molecular flexibility index (Phi) is 6.88. The van der Waals surface area contributed by atoms with E-state index in [0.717, 1.165) is 15.1 Å². The largest absolute Gasteiger partial charge is 0.456 e. The van der Waals surface area contributed by atoms with Crippen LogP contribution >= 0.6 is 0 Å². The van der Waals surface area contributed by atoms with Crippen LogP contribution in [0.5, 0.6) is 0 Å². The Morgan fingerprint density at radius 2 is 1.76 bits per heavy atom. The molecule has 0 atom stereocenters. The lowest BCUT2D eigenvalue weighted by molar-refractivity contribution is 0.00691. The summed E-state index contributed by atoms with van der Waals surface area (Å²) in [6.07, 6.45) is 3.22. The maximum atomic E-state index is 13.3. The van der Waals surface area contributed by atoms with E-state index in [1.165, 1.54) is 25.5 Å². The fraction of sp³-hybridized carbons (Fsp3) is 0.259. The van der Waals surface area contributed by atoms with Crippen molar-refractivity contribution in [2.75, 3.05) is 7.05 Å². The predicted octanol–water partition coefficient (Wildman–Crippen LogP) is 3.88. The van der Waals surface area contributed by atoms with Crippen molar-refractivity contribution in [3.05, 3.63) is 89.0 Å². The van der Waals surface area contributed by atoms with Gasteiger partial charge in [-0.25, -0.2) is 27.2 Å². The van der Waals surface area contributed by atoms with E-state index in [9.17, 15) is 18.0 Å². The smallest absolute Gasteiger partial charge is 0.338 e. The minimum absolute atomic E-state index is 0.0747. The van der Waals surface area contributed by atoms with Crippen LogP contribution in [0.4, 0.5) is 0 Å². The zero-order valence-electron chi connectivity index (χ0n) is 21.3. The van der Waals surface area contributed by atoms with Gasteiger partial charge in [-0.05, 0) is 69.7 Å². The van der Waals surface area contributed by atoms with Gasteiger partial charge in [0, 0.05) is 36.9 Å². The van der Waals surface area contributed by atoms with E-state index in [2.05, 4.69) is 15.3 Å². The number of carbonyl (C=O) groups is 2. The van der Waals surface area contributed by atoms with Crippen molar-refractivity contribution in [2.45, 2.75) is 44.6 Å². The quantitative estimate of drug-likeness (QED) is 0.383. The zero-order chi connectivity index (χ0) is 27.0. The van der Waals surface area contributed by atoms with Crippen molar-refractivity contribution >= 4 is 32.9 Å². The van der Waals surface area contributed by atoms with Crippen molar-refractivity contribution < 1.29 is 22.7 Å². The minimum atomic E-state index is -3.86. The SMILES string of the molecule is CNC(=O)c1cc(C(=O)OC(C)(C)C)cc(Cc2ccnc3c2ccn3S(=O)(=O)c2ccc(C)cc2)n1. The number of amides is 1. The van der Waals surface area contributed by atoms with Gasteiger partial charge in [-0.3, -0.25) is 4.79 Å². The first-order valence-corrected chi connectivity index (χ1v) is 13.1. The molecule has 3 aromatic heterocycles. The van der Waals surface area contributed by atoms with Gasteiger partial charge in [0.25, 0.3) is 15.9 Å². The van der Waals surface area contributed by atoms with E-state index in [-0.39, 0.29) is 28.2 Å². The van der Waals surface area contributed by atoms with Gasteiger partial charge < -0.3 is 10.1 Å². The number of carbonyl (C=O) groups excluding carboxylic acids is 2. The molecule has 9 nitrogen and oxygen atoms in total. The molecule has 1 amide bonds. The number of nitrogens with one attached hydrogen (secondary N) is 1. The zero-order valence-corrected chi connectivity index (χ0v) is 22.1. The number of pyridine rings is 2. The number of benzene rings is 1. The van der Waals surface area contributed by atoms with Crippen molar-refractivity contribution in [3.63, 3.8) is 0 Å². The van der Waals surface area contributed by atoms with Crippen LogP contribution in [0.2, 0.25) is 0 Å². The molecule has 10 heteroatoms. The molecule has 0 spiro atoms. The molecule has 0 radical (unpaired) electrons. The monoisotopic (exact) mass is 520 g/mol. The highest BCUT2D eigenvalue weighted by Crippen LogP contribution is 2.25. The van der Waals surface area contributed by atoms with Gasteiger partial charge in [0.15, 0.2) is 5.65 Å². The average molecular weight is 521 g/mol. The number of aryl methyl sites for hydroxylation is 1. The van der Waals surface area contributed by atoms with E-state index < -0.39 is 27.5 Å². The lowest BCUT2D eigenvalue weighted by Crippen LogP contribution is -2.25. The molecule has 0 aliphatic carbocycles. The first-order chi connectivity index (χ1) is 17.4. The molecule has 3 heterocycles. The average Bonchev–Trinajstić information content (AvgIpc) is 3.29. The number of ether oxygens (including phenoxy) is 1. The van der Waals surface area contributed by atoms with E-state index >= 15 is 0 Å². The fourth-order valence-electron chi connectivity index (χ4n) is 3.82. The van der Waals surface area contributed by atoms with E-state index in [4.69, 9.17) is 4.74 Å². The van der Waals surface area contributed by atoms with Crippen LogP contribution in [0.15, 0.2) is 65.8 Å². The van der Waals surface area contributed by atoms with Crippen molar-refractivity contribution in [3.8, 4) is 0 Å². The van der Waals surface area contributed by atoms with Crippen LogP contribution in [0.1, 0.15) is 58.4 Å². The number of hydrogen-bond donors (Lipinski definition) is 1. The third kappa shape index (κ3) is 5.54. The summed E-state index contributed by atoms with van der Waals surface area (Å²) >= 11 is 0. The normalized spacial score (nSPS) is 11.9. The van der Waals surface area contributed by atoms with Gasteiger partial charge >= 0.3 is 5.97 Å². The van der Waals surface area contributed by atoms with Crippen molar-refractivity contribution in [2.24, 2.45) is 0 Å². The maximum absolute atomic E-state index is 13.3. The summed E-state index contributed by atoms with van der Waals surface area (Å²) in [5.74, 6) is -1.02. The molecule has 0 unspecified atom stereocenters. The molecule has 1 N–H and O–H groups in total. The summed E-state index contributed by atoms with van der Waals surface area (Å²) in [6, 6.07) is 13.0. The number of esters is 1. The fourth-order valence-corrected chi connectivity index (χ4v) is 5.12. The molecule has 192 valence electrons. The Hall–Kier alpha value is -4.05. The van der Waals surface area contributed by atoms with Crippen LogP contribution in [0, 0.1) is 6.92 Å². The van der Waals surface area contributed by atoms with E-state index in [1.807, 2.05) is 6.92 Å². The highest BCUT2D eigenvalue weighted by molar-refractivity contribution is 7.90. The number of aromatic nitrogens is 3. The van der Waals surface area contributed by atoms with Gasteiger partial charge in [0.1, 0.15) is 11.3 Å². The molecule has 0 aliphatic heterocycles. The maximum Gasteiger partial charge on any atom is 0.338 e. The Balaban J connectivity index is 1.76. The van der Waals surface area contributed by atoms with Crippen LogP contribution < -0.4 is 5.32 Å². The van der Waals surface area contributed by atoms with Crippen LogP contribution in [-0.4, -0.2) is 46.9 Å². The molecule has 4 aromatic rings. The Morgan fingerprint density at radius 3 is 2.41 bits per heavy atom. The molecular weight excluding hydrogens is 492 g/mol. The van der Waals surface area contributed by atoms with E-state index in [0.29, 0.717) is 11.1 Å². The third-order valence-corrected chi connectivity index (χ3v) is 7.25. The topological polar surface area (TPSA) is 120 Å². The second kappa shape index (κ2) is 9.78. The van der Waals surface area contributed by atoms with Gasteiger partial charge in [0.05, 0.1) is 10.5 Å². The summed E-state index contributed by atoms with van der Waals surface area (Å²) in [5.41, 5.74) is 1.97. The lowest BCUT2D eigenvalue weighted by atomic mass is 10.0. The van der Waals surface area contributed by atoms with Crippen LogP contribution in [-0.2, 0) is 21.2 Å². The number of nitrogens with zero attached hydrogens (tertiary/aromatic N) is 3. The molecular formula is C27H28N4O5S. The summed E-state index contributed by atoms with van der Waals surface area (Å²) in [4.78, 5) is 34.0. The second-order valence-electron chi connectivity index (χ2n) is 9.63. The number of rotatable bonds is 6. The first kappa shape index (κ1) is 26.0. The molecule has 0 fully saturated rings. The molecule has 4 rings (SSSR count). The number of hydrogen-bond acceptors (Lipinski definition) is 7. The summed E-state index contributed by atoms with van der Waals surface area (Å²) < 4.78 is 33.2. The van der Waals surface area contributed by atoms with Crippen LogP contribution in [0.25, 0.3) is 11.0 Å². The van der Waals surface area contributed by atoms with Crippen LogP contribution in [0.3, 0.4) is 0 Å². The summed E-state index contributed by atoms with van der Waals surface area (Å²) in [6.45, 7) is 7.16. The number of fused-ring (bicyclic) bond motifs is 1. The minimum Gasteiger partial charge on any atom is -0.456 e. The predicted molar refractivity (Wildman–Crippen MR) is 139 cm³/mol. The third-order valence-electron chi connectivity index (χ3n) is 5.57. The Bertz CT molecular complexity index is 1600. The van der Waals surface area contributed by atoms with Gasteiger partial charge in [-0.1, -0.05) is 17.7 Å². The second-order valence-corrected chi connectivity index (χ2v) is 11.4. The standard InChI is InChI=1S/C27H28N4O5S/c1-17-6-8-21(9-7-17)37(34,35)31-13-11-22-18(10-12-29-24(22)31)14-20-15-19(26(33)36-27(2,3)4)16-23(30-20)25(32)28-5/h6-13,15-16H,14H2,1-5H3,(H,28,32). The first-order valence-electron chi connectivity index (χ1n) is 11.6. The Labute approximate surface area is 215 Å². The van der Waals surface area contributed by atoms with Gasteiger partial charge in [0.2, 0.25) is 0 Å². The Morgan fingerprint density at radius 1 is 1.05 bits per heavy atom. The molecule has 0 bridgehead atoms. The lowest BCUT2D eigenvalue weighted by Gasteiger charge is -2.20. The van der Waals surface area contributed by atoms with Crippen molar-refractivity contribution in [1.29, 1.82) is 0 Å². The summed E-state index contributed by atoms with van der Waals surface area (Å²) in [5, 5.41) is 3.14. The van der Waals surface area contributed by atoms with Gasteiger partial charge in [-0.2, -0.15) is 0 Å². The van der Waals surface area contributed by atoms with E-state index in [1.54, 1.807) is 63.2 Å². The van der Waals surface area contributed by atoms with Gasteiger partial charge in [-0.15, -0.1) is 0 Å². The molecule has 0 saturated carbocycles. The highest BCUT2D eigenvalue weighted by Gasteiger charge is 2.23. The van der Waals surface area contributed by atoms with Crippen molar-refractivity contribution in [1.82, 2.24) is 19.3 Å².